The zero-order chi connectivity index (χ0) is 13.5. The molecule has 4 nitrogen and oxygen atoms in total. The van der Waals surface area contributed by atoms with Gasteiger partial charge in [0, 0.05) is 29.3 Å². The van der Waals surface area contributed by atoms with Crippen LogP contribution in [0.2, 0.25) is 5.02 Å². The zero-order valence-electron chi connectivity index (χ0n) is 10.0. The maximum absolute atomic E-state index is 10.6. The Hall–Kier alpha value is -1.00. The van der Waals surface area contributed by atoms with Crippen LogP contribution in [-0.2, 0) is 0 Å². The lowest BCUT2D eigenvalue weighted by atomic mass is 9.68. The van der Waals surface area contributed by atoms with E-state index < -0.39 is 4.92 Å². The summed E-state index contributed by atoms with van der Waals surface area (Å²) in [5.74, 6) is 0.462. The van der Waals surface area contributed by atoms with Crippen molar-refractivity contribution in [3.05, 3.63) is 33.3 Å². The van der Waals surface area contributed by atoms with Crippen molar-refractivity contribution in [3.63, 3.8) is 0 Å². The third kappa shape index (κ3) is 2.27. The number of hydrogen-bond donors (Lipinski definition) is 0. The van der Waals surface area contributed by atoms with Gasteiger partial charge in [0.2, 0.25) is 0 Å². The summed E-state index contributed by atoms with van der Waals surface area (Å²) in [4.78, 5) is 10.1. The van der Waals surface area contributed by atoms with Crippen LogP contribution < -0.4 is 4.74 Å². The smallest absolute Gasteiger partial charge is 0.271 e. The van der Waals surface area contributed by atoms with Gasteiger partial charge in [0.05, 0.1) is 9.95 Å². The first-order valence-electron chi connectivity index (χ1n) is 5.57. The highest BCUT2D eigenvalue weighted by atomic mass is 35.5. The van der Waals surface area contributed by atoms with Gasteiger partial charge in [0.15, 0.2) is 0 Å². The summed E-state index contributed by atoms with van der Waals surface area (Å²) < 4.78 is 5.76. The van der Waals surface area contributed by atoms with Crippen LogP contribution in [-0.4, -0.2) is 16.4 Å². The summed E-state index contributed by atoms with van der Waals surface area (Å²) in [6, 6.07) is 4.20. The molecule has 1 aliphatic rings. The van der Waals surface area contributed by atoms with Crippen LogP contribution in [0.25, 0.3) is 0 Å². The van der Waals surface area contributed by atoms with E-state index in [0.717, 1.165) is 6.42 Å². The van der Waals surface area contributed by atoms with Crippen molar-refractivity contribution < 1.29 is 9.66 Å². The van der Waals surface area contributed by atoms with Crippen LogP contribution in [0.1, 0.15) is 20.3 Å². The predicted molar refractivity (Wildman–Crippen MR) is 70.6 cm³/mol. The van der Waals surface area contributed by atoms with Crippen molar-refractivity contribution in [1.82, 2.24) is 0 Å². The number of rotatable bonds is 3. The summed E-state index contributed by atoms with van der Waals surface area (Å²) in [6.07, 6.45) is 0.737. The van der Waals surface area contributed by atoms with Crippen LogP contribution in [0.15, 0.2) is 18.2 Å². The van der Waals surface area contributed by atoms with Gasteiger partial charge in [0.25, 0.3) is 5.69 Å². The third-order valence-electron chi connectivity index (χ3n) is 3.45. The lowest BCUT2D eigenvalue weighted by Crippen LogP contribution is -2.53. The van der Waals surface area contributed by atoms with Gasteiger partial charge >= 0.3 is 0 Å². The standard InChI is InChI=1S/C12H13Cl2NO3/c1-12(2)10(14)6-11(12)18-9-4-3-7(15(16)17)5-8(9)13/h3-5,10-11H,6H2,1-2H3. The van der Waals surface area contributed by atoms with E-state index in [4.69, 9.17) is 27.9 Å². The fourth-order valence-electron chi connectivity index (χ4n) is 1.89. The van der Waals surface area contributed by atoms with Gasteiger partial charge in [-0.25, -0.2) is 0 Å². The number of nitrogens with zero attached hydrogens (tertiary/aromatic N) is 1. The Morgan fingerprint density at radius 1 is 1.50 bits per heavy atom. The quantitative estimate of drug-likeness (QED) is 0.479. The van der Waals surface area contributed by atoms with Crippen molar-refractivity contribution >= 4 is 28.9 Å². The summed E-state index contributed by atoms with van der Waals surface area (Å²) in [7, 11) is 0. The molecule has 0 N–H and O–H groups in total. The van der Waals surface area contributed by atoms with Crippen molar-refractivity contribution in [2.45, 2.75) is 31.7 Å². The van der Waals surface area contributed by atoms with Gasteiger partial charge in [-0.15, -0.1) is 11.6 Å². The van der Waals surface area contributed by atoms with Crippen molar-refractivity contribution in [2.75, 3.05) is 0 Å². The van der Waals surface area contributed by atoms with E-state index in [2.05, 4.69) is 0 Å². The topological polar surface area (TPSA) is 52.4 Å². The Kier molecular flexibility index (Phi) is 3.43. The fourth-order valence-corrected chi connectivity index (χ4v) is 2.41. The Labute approximate surface area is 115 Å². The second-order valence-corrected chi connectivity index (χ2v) is 5.94. The fraction of sp³-hybridized carbons (Fsp3) is 0.500. The molecule has 6 heteroatoms. The molecule has 0 aliphatic heterocycles. The average Bonchev–Trinajstić information content (AvgIpc) is 2.30. The normalized spacial score (nSPS) is 25.3. The molecule has 0 radical (unpaired) electrons. The first-order chi connectivity index (χ1) is 8.32. The Balaban J connectivity index is 2.14. The molecule has 0 heterocycles. The average molecular weight is 290 g/mol. The van der Waals surface area contributed by atoms with Gasteiger partial charge in [-0.1, -0.05) is 25.4 Å². The number of non-ortho nitro benzene ring substituents is 1. The second kappa shape index (κ2) is 4.59. The number of nitro groups is 1. The zero-order valence-corrected chi connectivity index (χ0v) is 11.5. The highest BCUT2D eigenvalue weighted by Crippen LogP contribution is 2.47. The molecule has 0 aromatic heterocycles. The van der Waals surface area contributed by atoms with Crippen molar-refractivity contribution in [1.29, 1.82) is 0 Å². The number of alkyl halides is 1. The molecule has 2 rings (SSSR count). The van der Waals surface area contributed by atoms with Gasteiger partial charge in [-0.3, -0.25) is 10.1 Å². The summed E-state index contributed by atoms with van der Waals surface area (Å²) in [5, 5.41) is 10.9. The molecule has 2 unspecified atom stereocenters. The Morgan fingerprint density at radius 3 is 2.61 bits per heavy atom. The molecular weight excluding hydrogens is 277 g/mol. The molecule has 1 fully saturated rings. The Bertz CT molecular complexity index is 490. The lowest BCUT2D eigenvalue weighted by molar-refractivity contribution is -0.384. The summed E-state index contributed by atoms with van der Waals surface area (Å²) >= 11 is 12.1. The molecule has 1 saturated carbocycles. The molecule has 0 saturated heterocycles. The minimum absolute atomic E-state index is 0.0149. The van der Waals surface area contributed by atoms with Gasteiger partial charge in [-0.2, -0.15) is 0 Å². The minimum Gasteiger partial charge on any atom is -0.488 e. The van der Waals surface area contributed by atoms with Crippen LogP contribution in [0.5, 0.6) is 5.75 Å². The van der Waals surface area contributed by atoms with E-state index >= 15 is 0 Å². The molecular formula is C12H13Cl2NO3. The molecule has 0 amide bonds. The maximum atomic E-state index is 10.6. The molecule has 98 valence electrons. The largest absolute Gasteiger partial charge is 0.488 e. The number of nitro benzene ring substituents is 1. The first-order valence-corrected chi connectivity index (χ1v) is 6.38. The van der Waals surface area contributed by atoms with Crippen molar-refractivity contribution in [2.24, 2.45) is 5.41 Å². The highest BCUT2D eigenvalue weighted by molar-refractivity contribution is 6.32. The molecule has 1 aromatic rings. The second-order valence-electron chi connectivity index (χ2n) is 5.00. The molecule has 1 aromatic carbocycles. The van der Waals surface area contributed by atoms with Gasteiger partial charge < -0.3 is 4.74 Å². The van der Waals surface area contributed by atoms with E-state index in [1.165, 1.54) is 18.2 Å². The molecule has 0 bridgehead atoms. The van der Waals surface area contributed by atoms with Gasteiger partial charge in [0.1, 0.15) is 11.9 Å². The monoisotopic (exact) mass is 289 g/mol. The number of benzene rings is 1. The lowest BCUT2D eigenvalue weighted by Gasteiger charge is -2.48. The van der Waals surface area contributed by atoms with E-state index in [-0.39, 0.29) is 27.6 Å². The van der Waals surface area contributed by atoms with Crippen LogP contribution >= 0.6 is 23.2 Å². The molecule has 0 spiro atoms. The highest BCUT2D eigenvalue weighted by Gasteiger charge is 2.49. The van der Waals surface area contributed by atoms with E-state index in [1.807, 2.05) is 13.8 Å². The molecule has 1 aliphatic carbocycles. The first kappa shape index (κ1) is 13.4. The SMILES string of the molecule is CC1(C)C(Cl)CC1Oc1ccc([N+](=O)[O-])cc1Cl. The molecule has 18 heavy (non-hydrogen) atoms. The molecule has 2 atom stereocenters. The summed E-state index contributed by atoms with van der Waals surface area (Å²) in [5.41, 5.74) is -0.164. The van der Waals surface area contributed by atoms with Crippen LogP contribution in [0.3, 0.4) is 0 Å². The minimum atomic E-state index is -0.488. The van der Waals surface area contributed by atoms with E-state index in [0.29, 0.717) is 5.75 Å². The van der Waals surface area contributed by atoms with E-state index in [1.54, 1.807) is 0 Å². The van der Waals surface area contributed by atoms with Gasteiger partial charge in [-0.05, 0) is 6.07 Å². The maximum Gasteiger partial charge on any atom is 0.271 e. The predicted octanol–water partition coefficient (Wildman–Crippen LogP) is 4.03. The van der Waals surface area contributed by atoms with E-state index in [9.17, 15) is 10.1 Å². The summed E-state index contributed by atoms with van der Waals surface area (Å²) in [6.45, 7) is 4.05. The van der Waals surface area contributed by atoms with Crippen molar-refractivity contribution in [3.8, 4) is 5.75 Å². The third-order valence-corrected chi connectivity index (χ3v) is 4.49. The number of ether oxygens (including phenoxy) is 1. The number of hydrogen-bond acceptors (Lipinski definition) is 3. The van der Waals surface area contributed by atoms with Crippen LogP contribution in [0.4, 0.5) is 5.69 Å². The van der Waals surface area contributed by atoms with Crippen LogP contribution in [0, 0.1) is 15.5 Å². The Morgan fingerprint density at radius 2 is 2.17 bits per heavy atom. The number of halogens is 2.